The molecule has 2 bridgehead atoms. The Morgan fingerprint density at radius 2 is 1.46 bits per heavy atom. The van der Waals surface area contributed by atoms with Gasteiger partial charge in [0.2, 0.25) is 0 Å². The molecular weight excluding hydrogens is 596 g/mol. The summed E-state index contributed by atoms with van der Waals surface area (Å²) in [5.74, 6) is 2.94. The zero-order chi connectivity index (χ0) is 34.4. The second-order valence-electron chi connectivity index (χ2n) is 20.3. The Morgan fingerprint density at radius 1 is 0.771 bits per heavy atom. The fraction of sp³-hybridized carbons (Fsp3) is 0.929. The third-order valence-corrected chi connectivity index (χ3v) is 18.4. The Labute approximate surface area is 293 Å². The highest BCUT2D eigenvalue weighted by Crippen LogP contribution is 2.77. The number of ether oxygens (including phenoxy) is 1. The fourth-order valence-electron chi connectivity index (χ4n) is 15.3. The van der Waals surface area contributed by atoms with Gasteiger partial charge in [-0.3, -0.25) is 0 Å². The number of hydrogen-bond donors (Lipinski definition) is 0. The monoisotopic (exact) mass is 667 g/mol. The fourth-order valence-corrected chi connectivity index (χ4v) is 15.3. The van der Waals surface area contributed by atoms with E-state index >= 15 is 0 Å². The molecule has 272 valence electrons. The second-order valence-corrected chi connectivity index (χ2v) is 20.3. The Bertz CT molecular complexity index is 1240. The number of carbonyl (C=O) groups is 1. The van der Waals surface area contributed by atoms with Crippen LogP contribution in [-0.4, -0.2) is 86.6 Å². The SMILES string of the molecule is C=C(C)[C@@H]1CC[C@]2(C[O-])CC[C@]3(C)C(CCC4[C@@]5(C)CC[C@H](OC(=O)C[N+]67CC[N+](CCCC[O-])(CC6)CC7)C(C)(C)C5CC[C@]43C)C12. The van der Waals surface area contributed by atoms with Gasteiger partial charge in [0.1, 0.15) is 45.4 Å². The minimum absolute atomic E-state index is 0.00346. The van der Waals surface area contributed by atoms with Gasteiger partial charge < -0.3 is 23.9 Å². The van der Waals surface area contributed by atoms with Crippen molar-refractivity contribution in [2.45, 2.75) is 125 Å². The van der Waals surface area contributed by atoms with E-state index in [1.165, 1.54) is 48.6 Å². The van der Waals surface area contributed by atoms with Gasteiger partial charge in [0.15, 0.2) is 6.54 Å². The molecular formula is C42H70N2O4. The van der Waals surface area contributed by atoms with Crippen LogP contribution in [-0.2, 0) is 9.53 Å². The summed E-state index contributed by atoms with van der Waals surface area (Å²) >= 11 is 0. The molecule has 3 saturated heterocycles. The highest BCUT2D eigenvalue weighted by molar-refractivity contribution is 5.71. The van der Waals surface area contributed by atoms with Crippen molar-refractivity contribution in [3.63, 3.8) is 0 Å². The Morgan fingerprint density at radius 3 is 2.10 bits per heavy atom. The molecule has 0 amide bonds. The normalized spacial score (nSPS) is 50.5. The van der Waals surface area contributed by atoms with Crippen LogP contribution in [0, 0.1) is 56.7 Å². The molecule has 6 nitrogen and oxygen atoms in total. The summed E-state index contributed by atoms with van der Waals surface area (Å²) in [7, 11) is 0. The Hall–Kier alpha value is -0.950. The number of hydrogen-bond acceptors (Lipinski definition) is 4. The zero-order valence-electron chi connectivity index (χ0n) is 31.8. The number of carbonyl (C=O) groups excluding carboxylic acids is 1. The van der Waals surface area contributed by atoms with Crippen LogP contribution in [0.5, 0.6) is 0 Å². The van der Waals surface area contributed by atoms with Crippen LogP contribution in [0.4, 0.5) is 0 Å². The maximum atomic E-state index is 13.8. The van der Waals surface area contributed by atoms with E-state index in [1.54, 1.807) is 0 Å². The molecule has 8 aliphatic rings. The molecule has 0 aromatic rings. The van der Waals surface area contributed by atoms with Crippen LogP contribution in [0.1, 0.15) is 119 Å². The first-order valence-corrected chi connectivity index (χ1v) is 20.3. The van der Waals surface area contributed by atoms with E-state index in [2.05, 4.69) is 48.1 Å². The standard InChI is InChI=1S/C42H70N2O4/c1-30(2)31-12-17-42(29-46)19-18-40(6)32(37(31)42)10-11-34-39(5)15-14-35(38(3,4)33(39)13-16-41(34,40)7)48-36(47)28-44-24-21-43(22-25-44,23-26-44)20-8-9-27-45/h31-35,37H,1,8-29H2,2-7H3/t31-,32?,33?,34?,35-,37?,39-,40+,41+,42+,43?,44?/m0/s1. The molecule has 5 aliphatic carbocycles. The third kappa shape index (κ3) is 5.09. The van der Waals surface area contributed by atoms with E-state index in [0.29, 0.717) is 36.1 Å². The van der Waals surface area contributed by atoms with Gasteiger partial charge in [-0.05, 0) is 129 Å². The van der Waals surface area contributed by atoms with Crippen molar-refractivity contribution in [2.24, 2.45) is 56.7 Å². The number of fused-ring (bicyclic) bond motifs is 10. The molecule has 0 spiro atoms. The van der Waals surface area contributed by atoms with Crippen molar-refractivity contribution < 1.29 is 28.7 Å². The molecule has 48 heavy (non-hydrogen) atoms. The number of piperazine rings is 3. The van der Waals surface area contributed by atoms with E-state index in [-0.39, 0.29) is 52.4 Å². The summed E-state index contributed by atoms with van der Waals surface area (Å²) in [5.41, 5.74) is 2.07. The van der Waals surface area contributed by atoms with E-state index in [4.69, 9.17) is 4.74 Å². The first kappa shape index (κ1) is 35.5. The lowest BCUT2D eigenvalue weighted by Gasteiger charge is -2.73. The molecule has 6 heteroatoms. The number of allylic oxidation sites excluding steroid dienone is 1. The lowest BCUT2D eigenvalue weighted by Crippen LogP contribution is -2.75. The van der Waals surface area contributed by atoms with E-state index in [0.717, 1.165) is 88.8 Å². The summed E-state index contributed by atoms with van der Waals surface area (Å²) in [5, 5.41) is 23.9. The number of quaternary nitrogens is 2. The molecule has 8 rings (SSSR count). The lowest BCUT2D eigenvalue weighted by molar-refractivity contribution is -1.08. The molecule has 5 saturated carbocycles. The minimum Gasteiger partial charge on any atom is -0.854 e. The molecule has 0 N–H and O–H groups in total. The van der Waals surface area contributed by atoms with Crippen LogP contribution in [0.3, 0.4) is 0 Å². The maximum Gasteiger partial charge on any atom is 0.362 e. The van der Waals surface area contributed by atoms with Gasteiger partial charge in [-0.1, -0.05) is 53.2 Å². The van der Waals surface area contributed by atoms with Crippen LogP contribution in [0.25, 0.3) is 0 Å². The van der Waals surface area contributed by atoms with Crippen molar-refractivity contribution in [1.82, 2.24) is 0 Å². The molecule has 10 atom stereocenters. The third-order valence-electron chi connectivity index (χ3n) is 18.4. The van der Waals surface area contributed by atoms with Crippen molar-refractivity contribution in [2.75, 3.05) is 65.6 Å². The quantitative estimate of drug-likeness (QED) is 0.137. The van der Waals surface area contributed by atoms with Crippen molar-refractivity contribution in [3.8, 4) is 0 Å². The number of rotatable bonds is 9. The summed E-state index contributed by atoms with van der Waals surface area (Å²) in [6.45, 7) is 28.0. The van der Waals surface area contributed by atoms with Gasteiger partial charge in [0.05, 0.1) is 6.54 Å². The van der Waals surface area contributed by atoms with Crippen LogP contribution in [0.15, 0.2) is 12.2 Å². The van der Waals surface area contributed by atoms with Crippen molar-refractivity contribution in [3.05, 3.63) is 12.2 Å². The molecule has 0 aromatic heterocycles. The molecule has 0 radical (unpaired) electrons. The summed E-state index contributed by atoms with van der Waals surface area (Å²) in [6.07, 6.45) is 13.6. The Kier molecular flexibility index (Phi) is 8.90. The smallest absolute Gasteiger partial charge is 0.362 e. The maximum absolute atomic E-state index is 13.8. The summed E-state index contributed by atoms with van der Waals surface area (Å²) < 4.78 is 8.67. The van der Waals surface area contributed by atoms with Gasteiger partial charge in [-0.25, -0.2) is 4.79 Å². The first-order valence-electron chi connectivity index (χ1n) is 20.3. The molecule has 3 heterocycles. The highest BCUT2D eigenvalue weighted by atomic mass is 16.5. The van der Waals surface area contributed by atoms with Crippen LogP contribution < -0.4 is 10.2 Å². The first-order chi connectivity index (χ1) is 22.6. The Balaban J connectivity index is 1.04. The average molecular weight is 667 g/mol. The van der Waals surface area contributed by atoms with Gasteiger partial charge >= 0.3 is 5.97 Å². The summed E-state index contributed by atoms with van der Waals surface area (Å²) in [6, 6.07) is 0. The van der Waals surface area contributed by atoms with E-state index in [1.807, 2.05) is 0 Å². The number of nitrogens with zero attached hydrogens (tertiary/aromatic N) is 2. The topological polar surface area (TPSA) is 72.4 Å². The molecule has 4 unspecified atom stereocenters. The van der Waals surface area contributed by atoms with Crippen LogP contribution >= 0.6 is 0 Å². The number of esters is 1. The molecule has 0 aromatic carbocycles. The average Bonchev–Trinajstić information content (AvgIpc) is 3.44. The largest absolute Gasteiger partial charge is 0.854 e. The number of unbranched alkanes of at least 4 members (excludes halogenated alkanes) is 1. The molecule has 3 aliphatic heterocycles. The molecule has 8 fully saturated rings. The minimum atomic E-state index is -0.0417. The second kappa shape index (κ2) is 12.1. The van der Waals surface area contributed by atoms with Gasteiger partial charge in [-0.2, -0.15) is 0 Å². The van der Waals surface area contributed by atoms with Crippen LogP contribution in [0.2, 0.25) is 0 Å². The van der Waals surface area contributed by atoms with E-state index in [9.17, 15) is 15.0 Å². The highest BCUT2D eigenvalue weighted by Gasteiger charge is 2.70. The van der Waals surface area contributed by atoms with Gasteiger partial charge in [0, 0.05) is 5.41 Å². The zero-order valence-corrected chi connectivity index (χ0v) is 31.8. The lowest BCUT2D eigenvalue weighted by atomic mass is 9.32. The predicted molar refractivity (Wildman–Crippen MR) is 187 cm³/mol. The predicted octanol–water partition coefficient (Wildman–Crippen LogP) is 5.72. The van der Waals surface area contributed by atoms with E-state index < -0.39 is 0 Å². The van der Waals surface area contributed by atoms with Crippen molar-refractivity contribution in [1.29, 1.82) is 0 Å². The van der Waals surface area contributed by atoms with Gasteiger partial charge in [-0.15, -0.1) is 13.2 Å². The van der Waals surface area contributed by atoms with Gasteiger partial charge in [0.25, 0.3) is 0 Å². The summed E-state index contributed by atoms with van der Waals surface area (Å²) in [4.78, 5) is 13.8. The van der Waals surface area contributed by atoms with Crippen molar-refractivity contribution >= 4 is 5.97 Å².